The summed E-state index contributed by atoms with van der Waals surface area (Å²) in [5.41, 5.74) is 3.06. The van der Waals surface area contributed by atoms with Crippen molar-refractivity contribution in [3.8, 4) is 0 Å². The SMILES string of the molecule is Cc1ccc(/C=C/C(=O)N(Cc2cccc(Br)c2)[C@@H]2CCS(=O)(=O)C2)cc1. The van der Waals surface area contributed by atoms with E-state index in [1.165, 1.54) is 6.08 Å². The van der Waals surface area contributed by atoms with Gasteiger partial charge in [-0.1, -0.05) is 57.9 Å². The molecule has 0 spiro atoms. The second-order valence-electron chi connectivity index (χ2n) is 6.90. The number of amides is 1. The Hall–Kier alpha value is -1.92. The number of halogens is 1. The molecular formula is C21H22BrNO3S. The average molecular weight is 448 g/mol. The number of rotatable bonds is 5. The third kappa shape index (κ3) is 5.53. The Morgan fingerprint density at radius 3 is 2.59 bits per heavy atom. The third-order valence-electron chi connectivity index (χ3n) is 4.67. The van der Waals surface area contributed by atoms with Gasteiger partial charge in [0.2, 0.25) is 5.91 Å². The second kappa shape index (κ2) is 8.40. The van der Waals surface area contributed by atoms with Crippen LogP contribution in [0.4, 0.5) is 0 Å². The summed E-state index contributed by atoms with van der Waals surface area (Å²) in [7, 11) is -3.07. The van der Waals surface area contributed by atoms with E-state index < -0.39 is 9.84 Å². The van der Waals surface area contributed by atoms with Gasteiger partial charge in [0, 0.05) is 23.1 Å². The zero-order valence-corrected chi connectivity index (χ0v) is 17.5. The lowest BCUT2D eigenvalue weighted by molar-refractivity contribution is -0.128. The first kappa shape index (κ1) is 19.8. The molecule has 1 aliphatic rings. The highest BCUT2D eigenvalue weighted by Crippen LogP contribution is 2.22. The molecular weight excluding hydrogens is 426 g/mol. The van der Waals surface area contributed by atoms with E-state index in [1.54, 1.807) is 11.0 Å². The highest BCUT2D eigenvalue weighted by molar-refractivity contribution is 9.10. The Morgan fingerprint density at radius 1 is 1.22 bits per heavy atom. The molecule has 4 nitrogen and oxygen atoms in total. The van der Waals surface area contributed by atoms with Gasteiger partial charge >= 0.3 is 0 Å². The molecule has 0 unspecified atom stereocenters. The molecule has 6 heteroatoms. The minimum absolute atomic E-state index is 0.0329. The molecule has 1 saturated heterocycles. The van der Waals surface area contributed by atoms with Gasteiger partial charge < -0.3 is 4.90 Å². The largest absolute Gasteiger partial charge is 0.331 e. The predicted octanol–water partition coefficient (Wildman–Crippen LogP) is 3.99. The van der Waals surface area contributed by atoms with Crippen LogP contribution in [0.3, 0.4) is 0 Å². The van der Waals surface area contributed by atoms with Gasteiger partial charge in [-0.15, -0.1) is 0 Å². The fourth-order valence-electron chi connectivity index (χ4n) is 3.18. The summed E-state index contributed by atoms with van der Waals surface area (Å²) < 4.78 is 24.8. The maximum Gasteiger partial charge on any atom is 0.247 e. The molecule has 0 radical (unpaired) electrons. The van der Waals surface area contributed by atoms with E-state index in [2.05, 4.69) is 15.9 Å². The molecule has 3 rings (SSSR count). The van der Waals surface area contributed by atoms with Crippen molar-refractivity contribution >= 4 is 37.8 Å². The highest BCUT2D eigenvalue weighted by atomic mass is 79.9. The maximum atomic E-state index is 12.9. The lowest BCUT2D eigenvalue weighted by Crippen LogP contribution is -2.39. The van der Waals surface area contributed by atoms with Crippen LogP contribution in [-0.2, 0) is 21.2 Å². The van der Waals surface area contributed by atoms with Crippen LogP contribution < -0.4 is 0 Å². The Morgan fingerprint density at radius 2 is 1.96 bits per heavy atom. The van der Waals surface area contributed by atoms with Crippen LogP contribution in [0, 0.1) is 6.92 Å². The summed E-state index contributed by atoms with van der Waals surface area (Å²) in [6.45, 7) is 2.40. The second-order valence-corrected chi connectivity index (χ2v) is 10.0. The lowest BCUT2D eigenvalue weighted by atomic mass is 10.1. The number of hydrogen-bond acceptors (Lipinski definition) is 3. The average Bonchev–Trinajstić information content (AvgIpc) is 2.98. The van der Waals surface area contributed by atoms with Crippen molar-refractivity contribution in [3.05, 3.63) is 75.8 Å². The van der Waals surface area contributed by atoms with Crippen LogP contribution in [0.1, 0.15) is 23.1 Å². The van der Waals surface area contributed by atoms with Crippen molar-refractivity contribution in [1.82, 2.24) is 4.90 Å². The summed E-state index contributed by atoms with van der Waals surface area (Å²) in [6, 6.07) is 15.3. The molecule has 0 bridgehead atoms. The first-order chi connectivity index (χ1) is 12.8. The number of hydrogen-bond donors (Lipinski definition) is 0. The highest BCUT2D eigenvalue weighted by Gasteiger charge is 2.34. The van der Waals surface area contributed by atoms with Crippen LogP contribution in [0.15, 0.2) is 59.1 Å². The molecule has 0 aliphatic carbocycles. The summed E-state index contributed by atoms with van der Waals surface area (Å²) in [4.78, 5) is 14.6. The van der Waals surface area contributed by atoms with Crippen LogP contribution in [0.2, 0.25) is 0 Å². The van der Waals surface area contributed by atoms with Crippen LogP contribution >= 0.6 is 15.9 Å². The summed E-state index contributed by atoms with van der Waals surface area (Å²) in [5, 5.41) is 0. The molecule has 27 heavy (non-hydrogen) atoms. The molecule has 1 amide bonds. The molecule has 2 aromatic carbocycles. The Kier molecular flexibility index (Phi) is 6.17. The Labute approximate surface area is 168 Å². The molecule has 0 N–H and O–H groups in total. The number of benzene rings is 2. The van der Waals surface area contributed by atoms with Crippen molar-refractivity contribution in [2.45, 2.75) is 25.9 Å². The van der Waals surface area contributed by atoms with E-state index in [0.717, 1.165) is 21.2 Å². The van der Waals surface area contributed by atoms with E-state index >= 15 is 0 Å². The van der Waals surface area contributed by atoms with Crippen LogP contribution in [-0.4, -0.2) is 36.8 Å². The van der Waals surface area contributed by atoms with Crippen molar-refractivity contribution in [1.29, 1.82) is 0 Å². The third-order valence-corrected chi connectivity index (χ3v) is 6.91. The Balaban J connectivity index is 1.81. The van der Waals surface area contributed by atoms with E-state index in [0.29, 0.717) is 13.0 Å². The quantitative estimate of drug-likeness (QED) is 0.651. The van der Waals surface area contributed by atoms with E-state index in [4.69, 9.17) is 0 Å². The first-order valence-corrected chi connectivity index (χ1v) is 11.4. The molecule has 1 atom stereocenters. The normalized spacial score (nSPS) is 18.7. The van der Waals surface area contributed by atoms with Crippen molar-refractivity contribution in [3.63, 3.8) is 0 Å². The maximum absolute atomic E-state index is 12.9. The lowest BCUT2D eigenvalue weighted by Gasteiger charge is -2.27. The summed E-state index contributed by atoms with van der Waals surface area (Å²) in [5.74, 6) is 0.00449. The van der Waals surface area contributed by atoms with Crippen LogP contribution in [0.5, 0.6) is 0 Å². The molecule has 1 aliphatic heterocycles. The zero-order chi connectivity index (χ0) is 19.4. The fourth-order valence-corrected chi connectivity index (χ4v) is 5.36. The smallest absolute Gasteiger partial charge is 0.247 e. The number of carbonyl (C=O) groups is 1. The van der Waals surface area contributed by atoms with Gasteiger partial charge in [0.1, 0.15) is 0 Å². The van der Waals surface area contributed by atoms with Gasteiger partial charge in [0.05, 0.1) is 11.5 Å². The number of aryl methyl sites for hydroxylation is 1. The summed E-state index contributed by atoms with van der Waals surface area (Å²) >= 11 is 3.44. The zero-order valence-electron chi connectivity index (χ0n) is 15.1. The van der Waals surface area contributed by atoms with E-state index in [1.807, 2.05) is 55.5 Å². The monoisotopic (exact) mass is 447 g/mol. The van der Waals surface area contributed by atoms with Crippen molar-refractivity contribution in [2.75, 3.05) is 11.5 Å². The van der Waals surface area contributed by atoms with E-state index in [-0.39, 0.29) is 23.5 Å². The van der Waals surface area contributed by atoms with Crippen LogP contribution in [0.25, 0.3) is 6.08 Å². The molecule has 2 aromatic rings. The minimum atomic E-state index is -3.07. The molecule has 0 aromatic heterocycles. The molecule has 142 valence electrons. The molecule has 1 heterocycles. The van der Waals surface area contributed by atoms with Gasteiger partial charge in [0.25, 0.3) is 0 Å². The number of sulfone groups is 1. The fraction of sp³-hybridized carbons (Fsp3) is 0.286. The Bertz CT molecular complexity index is 952. The van der Waals surface area contributed by atoms with Gasteiger partial charge in [-0.05, 0) is 42.7 Å². The summed E-state index contributed by atoms with van der Waals surface area (Å²) in [6.07, 6.45) is 3.80. The van der Waals surface area contributed by atoms with Gasteiger partial charge in [-0.25, -0.2) is 8.42 Å². The van der Waals surface area contributed by atoms with Gasteiger partial charge in [-0.2, -0.15) is 0 Å². The minimum Gasteiger partial charge on any atom is -0.331 e. The van der Waals surface area contributed by atoms with Gasteiger partial charge in [-0.3, -0.25) is 4.79 Å². The first-order valence-electron chi connectivity index (χ1n) is 8.83. The van der Waals surface area contributed by atoms with Crippen molar-refractivity contribution < 1.29 is 13.2 Å². The van der Waals surface area contributed by atoms with E-state index in [9.17, 15) is 13.2 Å². The standard InChI is InChI=1S/C21H22BrNO3S/c1-16-5-7-17(8-6-16)9-10-21(24)23(20-11-12-27(25,26)15-20)14-18-3-2-4-19(22)13-18/h2-10,13,20H,11-12,14-15H2,1H3/b10-9+/t20-/m1/s1. The van der Waals surface area contributed by atoms with Crippen molar-refractivity contribution in [2.24, 2.45) is 0 Å². The number of carbonyl (C=O) groups excluding carboxylic acids is 1. The topological polar surface area (TPSA) is 54.5 Å². The molecule has 1 fully saturated rings. The van der Waals surface area contributed by atoms with Gasteiger partial charge in [0.15, 0.2) is 9.84 Å². The molecule has 0 saturated carbocycles. The predicted molar refractivity (Wildman–Crippen MR) is 112 cm³/mol. The number of nitrogens with zero attached hydrogens (tertiary/aromatic N) is 1.